The summed E-state index contributed by atoms with van der Waals surface area (Å²) in [5.41, 5.74) is 0.607. The number of para-hydroxylation sites is 2. The summed E-state index contributed by atoms with van der Waals surface area (Å²) in [5.74, 6) is -0.821. The van der Waals surface area contributed by atoms with Crippen molar-refractivity contribution in [3.05, 3.63) is 88.4 Å². The summed E-state index contributed by atoms with van der Waals surface area (Å²) in [7, 11) is -1.34. The van der Waals surface area contributed by atoms with Gasteiger partial charge >= 0.3 is 0 Å². The van der Waals surface area contributed by atoms with Crippen LogP contribution in [0.3, 0.4) is 0 Å². The number of nitrogens with zero attached hydrogens (tertiary/aromatic N) is 2. The molecule has 0 fully saturated rings. The molecule has 0 spiro atoms. The zero-order valence-corrected chi connectivity index (χ0v) is 22.8. The van der Waals surface area contributed by atoms with Crippen molar-refractivity contribution >= 4 is 50.7 Å². The average molecular weight is 564 g/mol. The van der Waals surface area contributed by atoms with Gasteiger partial charge in [-0.25, -0.2) is 8.42 Å². The lowest BCUT2D eigenvalue weighted by Crippen LogP contribution is -2.50. The molecule has 196 valence electrons. The van der Waals surface area contributed by atoms with E-state index >= 15 is 0 Å². The van der Waals surface area contributed by atoms with E-state index in [4.69, 9.17) is 27.9 Å². The fraction of sp³-hybridized carbons (Fsp3) is 0.231. The van der Waals surface area contributed by atoms with Crippen LogP contribution in [0.1, 0.15) is 12.5 Å². The Balaban J connectivity index is 2.10. The van der Waals surface area contributed by atoms with Crippen LogP contribution in [0.5, 0.6) is 5.75 Å². The molecular formula is C26H27Cl2N3O5S. The van der Waals surface area contributed by atoms with Gasteiger partial charge in [0, 0.05) is 29.2 Å². The molecule has 3 aromatic carbocycles. The van der Waals surface area contributed by atoms with E-state index in [1.165, 1.54) is 31.2 Å². The number of halogens is 2. The van der Waals surface area contributed by atoms with E-state index in [-0.39, 0.29) is 22.9 Å². The zero-order valence-electron chi connectivity index (χ0n) is 20.5. The molecule has 11 heteroatoms. The van der Waals surface area contributed by atoms with Gasteiger partial charge in [0.15, 0.2) is 0 Å². The minimum Gasteiger partial charge on any atom is -0.495 e. The van der Waals surface area contributed by atoms with Gasteiger partial charge in [-0.2, -0.15) is 0 Å². The second-order valence-corrected chi connectivity index (χ2v) is 10.7. The summed E-state index contributed by atoms with van der Waals surface area (Å²) in [4.78, 5) is 27.6. The summed E-state index contributed by atoms with van der Waals surface area (Å²) in [5, 5.41) is 3.15. The number of hydrogen-bond donors (Lipinski definition) is 1. The Morgan fingerprint density at radius 2 is 1.54 bits per heavy atom. The van der Waals surface area contributed by atoms with Gasteiger partial charge in [0.1, 0.15) is 18.3 Å². The number of likely N-dealkylation sites (N-methyl/N-ethyl adjacent to an activating group) is 1. The number of hydrogen-bond acceptors (Lipinski definition) is 5. The number of carbonyl (C=O) groups excluding carboxylic acids is 2. The minimum atomic E-state index is -4.20. The van der Waals surface area contributed by atoms with Crippen LogP contribution in [-0.2, 0) is 26.2 Å². The van der Waals surface area contributed by atoms with E-state index in [1.807, 2.05) is 0 Å². The molecule has 0 aliphatic carbocycles. The van der Waals surface area contributed by atoms with E-state index in [2.05, 4.69) is 5.32 Å². The smallest absolute Gasteiger partial charge is 0.264 e. The molecule has 0 unspecified atom stereocenters. The second kappa shape index (κ2) is 12.3. The molecular weight excluding hydrogens is 537 g/mol. The fourth-order valence-corrected chi connectivity index (χ4v) is 5.68. The first-order valence-electron chi connectivity index (χ1n) is 11.3. The molecule has 8 nitrogen and oxygen atoms in total. The molecule has 0 bridgehead atoms. The van der Waals surface area contributed by atoms with Crippen molar-refractivity contribution in [3.8, 4) is 5.75 Å². The molecule has 0 aliphatic rings. The number of anilines is 1. The quantitative estimate of drug-likeness (QED) is 0.395. The Morgan fingerprint density at radius 3 is 2.14 bits per heavy atom. The van der Waals surface area contributed by atoms with Crippen LogP contribution < -0.4 is 14.4 Å². The molecule has 3 rings (SSSR count). The lowest BCUT2D eigenvalue weighted by atomic mass is 10.1. The number of methoxy groups -OCH3 is 1. The molecule has 2 amide bonds. The molecule has 0 heterocycles. The molecule has 0 radical (unpaired) electrons. The summed E-state index contributed by atoms with van der Waals surface area (Å²) >= 11 is 12.7. The zero-order chi connectivity index (χ0) is 27.2. The van der Waals surface area contributed by atoms with Crippen molar-refractivity contribution in [3.63, 3.8) is 0 Å². The highest BCUT2D eigenvalue weighted by atomic mass is 35.5. The van der Waals surface area contributed by atoms with Crippen molar-refractivity contribution < 1.29 is 22.7 Å². The summed E-state index contributed by atoms with van der Waals surface area (Å²) in [6.45, 7) is 0.818. The van der Waals surface area contributed by atoms with E-state index in [1.54, 1.807) is 67.6 Å². The standard InChI is InChI=1S/C26H27Cl2N3O5S/c1-18(26(33)29-2)30(16-20-21(27)12-9-13-22(20)28)25(32)17-31(23-14-7-8-15-24(23)36-3)37(34,35)19-10-5-4-6-11-19/h4-15,18H,16-17H2,1-3H3,(H,29,33)/t18-/m0/s1. The lowest BCUT2D eigenvalue weighted by Gasteiger charge is -2.32. The lowest BCUT2D eigenvalue weighted by molar-refractivity contribution is -0.139. The van der Waals surface area contributed by atoms with Gasteiger partial charge < -0.3 is 15.0 Å². The average Bonchev–Trinajstić information content (AvgIpc) is 2.91. The van der Waals surface area contributed by atoms with Crippen molar-refractivity contribution in [1.29, 1.82) is 0 Å². The Bertz CT molecular complexity index is 1350. The third-order valence-corrected chi connectivity index (χ3v) is 8.25. The number of amides is 2. The van der Waals surface area contributed by atoms with Gasteiger partial charge in [-0.05, 0) is 43.3 Å². The highest BCUT2D eigenvalue weighted by Crippen LogP contribution is 2.33. The monoisotopic (exact) mass is 563 g/mol. The largest absolute Gasteiger partial charge is 0.495 e. The molecule has 3 aromatic rings. The maximum Gasteiger partial charge on any atom is 0.264 e. The molecule has 37 heavy (non-hydrogen) atoms. The third-order valence-electron chi connectivity index (χ3n) is 5.77. The predicted octanol–water partition coefficient (Wildman–Crippen LogP) is 4.36. The van der Waals surface area contributed by atoms with Crippen molar-refractivity contribution in [2.75, 3.05) is 25.0 Å². The SMILES string of the molecule is CNC(=O)[C@H](C)N(Cc1c(Cl)cccc1Cl)C(=O)CN(c1ccccc1OC)S(=O)(=O)c1ccccc1. The van der Waals surface area contributed by atoms with E-state index < -0.39 is 34.4 Å². The van der Waals surface area contributed by atoms with Crippen molar-refractivity contribution in [1.82, 2.24) is 10.2 Å². The predicted molar refractivity (Wildman–Crippen MR) is 145 cm³/mol. The number of rotatable bonds is 10. The summed E-state index contributed by atoms with van der Waals surface area (Å²) in [6, 6.07) is 18.2. The molecule has 1 atom stereocenters. The van der Waals surface area contributed by atoms with Crippen molar-refractivity contribution in [2.24, 2.45) is 0 Å². The number of carbonyl (C=O) groups is 2. The third kappa shape index (κ3) is 6.36. The fourth-order valence-electron chi connectivity index (χ4n) is 3.71. The molecule has 0 saturated heterocycles. The van der Waals surface area contributed by atoms with E-state index in [0.29, 0.717) is 15.6 Å². The number of nitrogens with one attached hydrogen (secondary N) is 1. The van der Waals surface area contributed by atoms with Crippen LogP contribution in [-0.4, -0.2) is 51.9 Å². The Kier molecular flexibility index (Phi) is 9.42. The topological polar surface area (TPSA) is 96.0 Å². The molecule has 0 saturated carbocycles. The van der Waals surface area contributed by atoms with Crippen LogP contribution in [0.4, 0.5) is 5.69 Å². The van der Waals surface area contributed by atoms with Crippen LogP contribution in [0.15, 0.2) is 77.7 Å². The summed E-state index contributed by atoms with van der Waals surface area (Å²) < 4.78 is 33.9. The van der Waals surface area contributed by atoms with Gasteiger partial charge in [-0.1, -0.05) is 59.6 Å². The van der Waals surface area contributed by atoms with Gasteiger partial charge in [0.2, 0.25) is 11.8 Å². The van der Waals surface area contributed by atoms with E-state index in [9.17, 15) is 18.0 Å². The van der Waals surface area contributed by atoms with E-state index in [0.717, 1.165) is 4.31 Å². The first-order valence-corrected chi connectivity index (χ1v) is 13.5. The van der Waals surface area contributed by atoms with Crippen molar-refractivity contribution in [2.45, 2.75) is 24.4 Å². The van der Waals surface area contributed by atoms with Gasteiger partial charge in [-0.3, -0.25) is 13.9 Å². The molecule has 0 aliphatic heterocycles. The van der Waals surface area contributed by atoms with Crippen LogP contribution in [0.2, 0.25) is 10.0 Å². The van der Waals surface area contributed by atoms with Gasteiger partial charge in [0.25, 0.3) is 10.0 Å². The number of benzene rings is 3. The van der Waals surface area contributed by atoms with Gasteiger partial charge in [-0.15, -0.1) is 0 Å². The number of ether oxygens (including phenoxy) is 1. The first kappa shape index (κ1) is 28.3. The summed E-state index contributed by atoms with van der Waals surface area (Å²) in [6.07, 6.45) is 0. The molecule has 1 N–H and O–H groups in total. The van der Waals surface area contributed by atoms with Crippen LogP contribution in [0.25, 0.3) is 0 Å². The Labute approximate surface area is 226 Å². The maximum absolute atomic E-state index is 13.8. The number of sulfonamides is 1. The van der Waals surface area contributed by atoms with Crippen LogP contribution >= 0.6 is 23.2 Å². The first-order chi connectivity index (χ1) is 17.6. The normalized spacial score (nSPS) is 11.9. The second-order valence-electron chi connectivity index (χ2n) is 8.01. The maximum atomic E-state index is 13.8. The highest BCUT2D eigenvalue weighted by Gasteiger charge is 2.34. The highest BCUT2D eigenvalue weighted by molar-refractivity contribution is 7.92. The van der Waals surface area contributed by atoms with Crippen LogP contribution in [0, 0.1) is 0 Å². The minimum absolute atomic E-state index is 0.00578. The molecule has 0 aromatic heterocycles. The van der Waals surface area contributed by atoms with Gasteiger partial charge in [0.05, 0.1) is 17.7 Å². The Morgan fingerprint density at radius 1 is 0.946 bits per heavy atom. The Hall–Kier alpha value is -3.27.